The predicted octanol–water partition coefficient (Wildman–Crippen LogP) is 1.94. The van der Waals surface area contributed by atoms with Crippen molar-refractivity contribution in [3.8, 4) is 0 Å². The van der Waals surface area contributed by atoms with E-state index in [9.17, 15) is 4.21 Å². The van der Waals surface area contributed by atoms with Crippen LogP contribution in [0.3, 0.4) is 0 Å². The zero-order valence-corrected chi connectivity index (χ0v) is 12.2. The maximum atomic E-state index is 12.1. The van der Waals surface area contributed by atoms with Gasteiger partial charge in [-0.2, -0.15) is 0 Å². The van der Waals surface area contributed by atoms with Crippen molar-refractivity contribution in [1.82, 2.24) is 9.88 Å². The predicted molar refractivity (Wildman–Crippen MR) is 78.5 cm³/mol. The van der Waals surface area contributed by atoms with E-state index in [0.717, 1.165) is 28.9 Å². The normalized spacial score (nSPS) is 13.3. The number of nitrogen functional groups attached to an aromatic ring is 1. The lowest BCUT2D eigenvalue weighted by atomic mass is 10.3. The fourth-order valence-corrected chi connectivity index (χ4v) is 4.02. The Bertz CT molecular complexity index is 565. The van der Waals surface area contributed by atoms with Crippen LogP contribution in [0.1, 0.15) is 6.42 Å². The van der Waals surface area contributed by atoms with Crippen molar-refractivity contribution in [2.75, 3.05) is 32.1 Å². The first-order valence-electron chi connectivity index (χ1n) is 5.75. The van der Waals surface area contributed by atoms with Gasteiger partial charge in [-0.15, -0.1) is 11.3 Å². The molecule has 1 heterocycles. The molecule has 2 N–H and O–H groups in total. The molecule has 1 unspecified atom stereocenters. The molecule has 0 aliphatic carbocycles. The fraction of sp³-hybridized carbons (Fsp3) is 0.417. The molecule has 0 aliphatic heterocycles. The number of hydrogen-bond donors (Lipinski definition) is 1. The van der Waals surface area contributed by atoms with Crippen LogP contribution in [0, 0.1) is 0 Å². The molecule has 0 amide bonds. The van der Waals surface area contributed by atoms with Crippen LogP contribution in [-0.4, -0.2) is 40.5 Å². The average molecular weight is 283 g/mol. The molecule has 0 saturated carbocycles. The number of hydrogen-bond acceptors (Lipinski definition) is 5. The molecule has 6 heteroatoms. The van der Waals surface area contributed by atoms with Gasteiger partial charge in [0, 0.05) is 11.4 Å². The molecule has 98 valence electrons. The maximum Gasteiger partial charge on any atom is 0.181 e. The van der Waals surface area contributed by atoms with Gasteiger partial charge in [0.1, 0.15) is 0 Å². The summed E-state index contributed by atoms with van der Waals surface area (Å²) in [6, 6.07) is 5.58. The molecule has 0 spiro atoms. The van der Waals surface area contributed by atoms with Gasteiger partial charge in [0.2, 0.25) is 0 Å². The topological polar surface area (TPSA) is 59.2 Å². The second-order valence-corrected chi connectivity index (χ2v) is 7.19. The number of rotatable bonds is 5. The van der Waals surface area contributed by atoms with Crippen molar-refractivity contribution in [3.05, 3.63) is 18.2 Å². The van der Waals surface area contributed by atoms with Crippen molar-refractivity contribution in [2.24, 2.45) is 0 Å². The van der Waals surface area contributed by atoms with Crippen LogP contribution in [0.15, 0.2) is 22.5 Å². The van der Waals surface area contributed by atoms with Crippen LogP contribution < -0.4 is 5.73 Å². The summed E-state index contributed by atoms with van der Waals surface area (Å²) in [4.78, 5) is 6.49. The van der Waals surface area contributed by atoms with E-state index in [1.807, 2.05) is 32.3 Å². The molecule has 1 atom stereocenters. The molecule has 2 aromatic rings. The summed E-state index contributed by atoms with van der Waals surface area (Å²) in [5.41, 5.74) is 7.32. The number of anilines is 1. The van der Waals surface area contributed by atoms with Gasteiger partial charge in [0.25, 0.3) is 0 Å². The number of benzene rings is 1. The summed E-state index contributed by atoms with van der Waals surface area (Å²) >= 11 is 1.47. The van der Waals surface area contributed by atoms with Crippen molar-refractivity contribution in [3.63, 3.8) is 0 Å². The summed E-state index contributed by atoms with van der Waals surface area (Å²) < 4.78 is 13.8. The molecule has 0 fully saturated rings. The number of thiazole rings is 1. The summed E-state index contributed by atoms with van der Waals surface area (Å²) in [5, 5.41) is 0. The highest BCUT2D eigenvalue weighted by Gasteiger charge is 2.10. The minimum atomic E-state index is -0.999. The van der Waals surface area contributed by atoms with Gasteiger partial charge < -0.3 is 10.6 Å². The molecule has 18 heavy (non-hydrogen) atoms. The Morgan fingerprint density at radius 2 is 2.22 bits per heavy atom. The Morgan fingerprint density at radius 1 is 1.44 bits per heavy atom. The van der Waals surface area contributed by atoms with Crippen LogP contribution in [0.5, 0.6) is 0 Å². The van der Waals surface area contributed by atoms with E-state index in [1.54, 1.807) is 0 Å². The Morgan fingerprint density at radius 3 is 2.94 bits per heavy atom. The maximum absolute atomic E-state index is 12.1. The summed E-state index contributed by atoms with van der Waals surface area (Å²) in [7, 11) is 3.04. The molecular formula is C12H17N3OS2. The van der Waals surface area contributed by atoms with Crippen molar-refractivity contribution in [2.45, 2.75) is 10.8 Å². The monoisotopic (exact) mass is 283 g/mol. The lowest BCUT2D eigenvalue weighted by molar-refractivity contribution is 0.409. The zero-order valence-electron chi connectivity index (χ0n) is 10.5. The lowest BCUT2D eigenvalue weighted by Gasteiger charge is -2.07. The van der Waals surface area contributed by atoms with E-state index in [1.165, 1.54) is 11.3 Å². The Kier molecular flexibility index (Phi) is 4.31. The van der Waals surface area contributed by atoms with Crippen molar-refractivity contribution >= 4 is 38.0 Å². The third-order valence-corrected chi connectivity index (χ3v) is 5.28. The highest BCUT2D eigenvalue weighted by atomic mass is 32.2. The summed E-state index contributed by atoms with van der Waals surface area (Å²) in [6.45, 7) is 0.948. The smallest absolute Gasteiger partial charge is 0.181 e. The van der Waals surface area contributed by atoms with Gasteiger partial charge in [-0.1, -0.05) is 0 Å². The van der Waals surface area contributed by atoms with Gasteiger partial charge >= 0.3 is 0 Å². The van der Waals surface area contributed by atoms with Gasteiger partial charge in [-0.05, 0) is 45.3 Å². The van der Waals surface area contributed by atoms with Crippen LogP contribution in [0.25, 0.3) is 10.2 Å². The fourth-order valence-electron chi connectivity index (χ4n) is 1.62. The highest BCUT2D eigenvalue weighted by Crippen LogP contribution is 2.26. The van der Waals surface area contributed by atoms with E-state index in [2.05, 4.69) is 9.88 Å². The van der Waals surface area contributed by atoms with Crippen LogP contribution in [0.4, 0.5) is 5.69 Å². The van der Waals surface area contributed by atoms with E-state index >= 15 is 0 Å². The first-order valence-corrected chi connectivity index (χ1v) is 7.89. The lowest BCUT2D eigenvalue weighted by Crippen LogP contribution is -2.15. The van der Waals surface area contributed by atoms with E-state index < -0.39 is 10.8 Å². The van der Waals surface area contributed by atoms with Gasteiger partial charge in [-0.25, -0.2) is 4.98 Å². The third-order valence-electron chi connectivity index (χ3n) is 2.52. The Balaban J connectivity index is 2.08. The molecule has 1 aromatic heterocycles. The number of nitrogens with zero attached hydrogens (tertiary/aromatic N) is 2. The third kappa shape index (κ3) is 3.28. The Labute approximate surface area is 113 Å². The van der Waals surface area contributed by atoms with Crippen molar-refractivity contribution < 1.29 is 4.21 Å². The average Bonchev–Trinajstić information content (AvgIpc) is 2.71. The second kappa shape index (κ2) is 5.77. The summed E-state index contributed by atoms with van der Waals surface area (Å²) in [6.07, 6.45) is 0.914. The van der Waals surface area contributed by atoms with E-state index in [4.69, 9.17) is 5.73 Å². The molecule has 4 nitrogen and oxygen atoms in total. The minimum absolute atomic E-state index is 0.660. The molecule has 0 bridgehead atoms. The number of fused-ring (bicyclic) bond motifs is 1. The molecule has 0 radical (unpaired) electrons. The van der Waals surface area contributed by atoms with Gasteiger partial charge in [0.05, 0.1) is 21.0 Å². The molecule has 2 rings (SSSR count). The SMILES string of the molecule is CN(C)CCCS(=O)c1nc2ccc(N)cc2s1. The van der Waals surface area contributed by atoms with E-state index in [0.29, 0.717) is 10.1 Å². The highest BCUT2D eigenvalue weighted by molar-refractivity contribution is 7.87. The first-order chi connectivity index (χ1) is 8.56. The van der Waals surface area contributed by atoms with Crippen LogP contribution in [0.2, 0.25) is 0 Å². The van der Waals surface area contributed by atoms with Gasteiger partial charge in [0.15, 0.2) is 4.34 Å². The van der Waals surface area contributed by atoms with Gasteiger partial charge in [-0.3, -0.25) is 4.21 Å². The Hall–Kier alpha value is -0.980. The largest absolute Gasteiger partial charge is 0.399 e. The number of aromatic nitrogens is 1. The molecule has 0 saturated heterocycles. The first kappa shape index (κ1) is 13.5. The molecule has 0 aliphatic rings. The van der Waals surface area contributed by atoms with Crippen LogP contribution in [-0.2, 0) is 10.8 Å². The standard InChI is InChI=1S/C12H17N3OS2/c1-15(2)6-3-7-18(16)12-14-10-5-4-9(13)8-11(10)17-12/h4-5,8H,3,6-7,13H2,1-2H3. The van der Waals surface area contributed by atoms with E-state index in [-0.39, 0.29) is 0 Å². The van der Waals surface area contributed by atoms with Crippen molar-refractivity contribution in [1.29, 1.82) is 0 Å². The summed E-state index contributed by atoms with van der Waals surface area (Å²) in [5.74, 6) is 0.660. The van der Waals surface area contributed by atoms with Crippen LogP contribution >= 0.6 is 11.3 Å². The minimum Gasteiger partial charge on any atom is -0.399 e. The molecular weight excluding hydrogens is 266 g/mol. The molecule has 1 aromatic carbocycles. The zero-order chi connectivity index (χ0) is 13.1. The quantitative estimate of drug-likeness (QED) is 0.852. The number of nitrogens with two attached hydrogens (primary N) is 1. The second-order valence-electron chi connectivity index (χ2n) is 4.41.